The Labute approximate surface area is 170 Å². The van der Waals surface area contributed by atoms with Crippen molar-refractivity contribution in [3.63, 3.8) is 0 Å². The maximum Gasteiger partial charge on any atom is 0.255 e. The Morgan fingerprint density at radius 2 is 1.72 bits per heavy atom. The van der Waals surface area contributed by atoms with Gasteiger partial charge in [0.15, 0.2) is 0 Å². The third-order valence-corrected chi connectivity index (χ3v) is 5.26. The summed E-state index contributed by atoms with van der Waals surface area (Å²) in [6, 6.07) is 19.3. The van der Waals surface area contributed by atoms with E-state index in [4.69, 9.17) is 0 Å². The molecule has 0 saturated carbocycles. The molecular formula is C24H23N3O2. The molecule has 0 spiro atoms. The molecule has 1 atom stereocenters. The average molecular weight is 385 g/mol. The van der Waals surface area contributed by atoms with Gasteiger partial charge < -0.3 is 10.6 Å². The van der Waals surface area contributed by atoms with Crippen molar-refractivity contribution < 1.29 is 9.59 Å². The van der Waals surface area contributed by atoms with Gasteiger partial charge in [-0.05, 0) is 60.2 Å². The normalized spacial score (nSPS) is 14.8. The van der Waals surface area contributed by atoms with E-state index in [1.165, 1.54) is 11.1 Å². The second-order valence-corrected chi connectivity index (χ2v) is 7.24. The molecule has 0 fully saturated rings. The minimum absolute atomic E-state index is 0.0613. The predicted molar refractivity (Wildman–Crippen MR) is 113 cm³/mol. The highest BCUT2D eigenvalue weighted by Gasteiger charge is 2.23. The second kappa shape index (κ2) is 8.69. The molecule has 1 aromatic heterocycles. The summed E-state index contributed by atoms with van der Waals surface area (Å²) < 4.78 is 0. The maximum absolute atomic E-state index is 12.4. The Hall–Kier alpha value is -3.47. The summed E-state index contributed by atoms with van der Waals surface area (Å²) in [6.45, 7) is 0. The number of amides is 2. The van der Waals surface area contributed by atoms with Crippen LogP contribution in [0, 0.1) is 0 Å². The summed E-state index contributed by atoms with van der Waals surface area (Å²) in [6.07, 6.45) is 6.33. The van der Waals surface area contributed by atoms with E-state index in [0.717, 1.165) is 18.4 Å². The minimum atomic E-state index is -0.166. The highest BCUT2D eigenvalue weighted by Crippen LogP contribution is 2.30. The van der Waals surface area contributed by atoms with Crippen molar-refractivity contribution in [1.82, 2.24) is 10.3 Å². The van der Waals surface area contributed by atoms with E-state index in [1.807, 2.05) is 24.3 Å². The number of hydrogen-bond acceptors (Lipinski definition) is 3. The molecule has 2 amide bonds. The quantitative estimate of drug-likeness (QED) is 0.672. The van der Waals surface area contributed by atoms with Crippen LogP contribution in [0.4, 0.5) is 5.69 Å². The third kappa shape index (κ3) is 4.69. The van der Waals surface area contributed by atoms with Crippen LogP contribution in [0.15, 0.2) is 73.1 Å². The number of carbonyl (C=O) groups is 2. The van der Waals surface area contributed by atoms with Crippen LogP contribution in [0.3, 0.4) is 0 Å². The number of pyridine rings is 1. The number of aryl methyl sites for hydroxylation is 2. The van der Waals surface area contributed by atoms with E-state index in [0.29, 0.717) is 24.1 Å². The lowest BCUT2D eigenvalue weighted by molar-refractivity contribution is -0.121. The zero-order valence-corrected chi connectivity index (χ0v) is 16.1. The zero-order valence-electron chi connectivity index (χ0n) is 16.1. The molecule has 0 saturated heterocycles. The minimum Gasteiger partial charge on any atom is -0.349 e. The van der Waals surface area contributed by atoms with Gasteiger partial charge in [0.2, 0.25) is 5.91 Å². The Kier molecular flexibility index (Phi) is 5.66. The van der Waals surface area contributed by atoms with Gasteiger partial charge in [0, 0.05) is 30.1 Å². The smallest absolute Gasteiger partial charge is 0.255 e. The topological polar surface area (TPSA) is 71.1 Å². The van der Waals surface area contributed by atoms with Crippen molar-refractivity contribution in [2.45, 2.75) is 31.7 Å². The molecule has 1 aliphatic carbocycles. The first-order chi connectivity index (χ1) is 14.2. The number of aromatic nitrogens is 1. The van der Waals surface area contributed by atoms with Crippen LogP contribution in [0.1, 0.15) is 45.9 Å². The number of nitrogens with one attached hydrogen (secondary N) is 2. The van der Waals surface area contributed by atoms with Gasteiger partial charge in [-0.1, -0.05) is 36.4 Å². The summed E-state index contributed by atoms with van der Waals surface area (Å²) in [4.78, 5) is 28.6. The lowest BCUT2D eigenvalue weighted by Gasteiger charge is -2.14. The zero-order chi connectivity index (χ0) is 20.1. The second-order valence-electron chi connectivity index (χ2n) is 7.24. The highest BCUT2D eigenvalue weighted by molar-refractivity contribution is 6.04. The van der Waals surface area contributed by atoms with E-state index in [9.17, 15) is 9.59 Å². The van der Waals surface area contributed by atoms with Gasteiger partial charge in [-0.3, -0.25) is 14.6 Å². The first-order valence-corrected chi connectivity index (χ1v) is 9.86. The predicted octanol–water partition coefficient (Wildman–Crippen LogP) is 4.07. The number of fused-ring (bicyclic) bond motifs is 1. The molecule has 1 unspecified atom stereocenters. The molecule has 0 radical (unpaired) electrons. The van der Waals surface area contributed by atoms with Crippen molar-refractivity contribution >= 4 is 17.5 Å². The first kappa shape index (κ1) is 18.9. The summed E-state index contributed by atoms with van der Waals surface area (Å²) in [5.41, 5.74) is 4.90. The Balaban J connectivity index is 1.28. The van der Waals surface area contributed by atoms with Crippen LogP contribution in [0.2, 0.25) is 0 Å². The van der Waals surface area contributed by atoms with Crippen molar-refractivity contribution in [3.8, 4) is 0 Å². The molecule has 4 rings (SSSR count). The number of carbonyl (C=O) groups excluding carboxylic acids is 2. The molecule has 0 aliphatic heterocycles. The van der Waals surface area contributed by atoms with Crippen molar-refractivity contribution in [2.24, 2.45) is 0 Å². The number of nitrogens with zero attached hydrogens (tertiary/aromatic N) is 1. The van der Waals surface area contributed by atoms with Crippen molar-refractivity contribution in [1.29, 1.82) is 0 Å². The summed E-state index contributed by atoms with van der Waals surface area (Å²) in [5, 5.41) is 5.99. The lowest BCUT2D eigenvalue weighted by Crippen LogP contribution is -2.27. The fraction of sp³-hybridized carbons (Fsp3) is 0.208. The van der Waals surface area contributed by atoms with Gasteiger partial charge in [0.1, 0.15) is 0 Å². The van der Waals surface area contributed by atoms with Crippen LogP contribution in [-0.4, -0.2) is 16.8 Å². The van der Waals surface area contributed by atoms with Crippen LogP contribution in [-0.2, 0) is 17.6 Å². The van der Waals surface area contributed by atoms with Gasteiger partial charge in [0.05, 0.1) is 6.04 Å². The molecule has 29 heavy (non-hydrogen) atoms. The first-order valence-electron chi connectivity index (χ1n) is 9.86. The summed E-state index contributed by atoms with van der Waals surface area (Å²) in [7, 11) is 0. The van der Waals surface area contributed by atoms with Gasteiger partial charge in [-0.25, -0.2) is 0 Å². The molecular weight excluding hydrogens is 362 g/mol. The maximum atomic E-state index is 12.4. The number of rotatable bonds is 6. The molecule has 146 valence electrons. The van der Waals surface area contributed by atoms with Gasteiger partial charge >= 0.3 is 0 Å². The number of benzene rings is 2. The van der Waals surface area contributed by atoms with Crippen molar-refractivity contribution in [2.75, 3.05) is 5.32 Å². The van der Waals surface area contributed by atoms with Crippen LogP contribution in [0.5, 0.6) is 0 Å². The van der Waals surface area contributed by atoms with Crippen LogP contribution in [0.25, 0.3) is 0 Å². The molecule has 5 heteroatoms. The molecule has 1 aliphatic rings. The Bertz CT molecular complexity index is 1000. The van der Waals surface area contributed by atoms with E-state index in [-0.39, 0.29) is 17.9 Å². The van der Waals surface area contributed by atoms with Gasteiger partial charge in [0.25, 0.3) is 5.91 Å². The highest BCUT2D eigenvalue weighted by atomic mass is 16.2. The molecule has 5 nitrogen and oxygen atoms in total. The van der Waals surface area contributed by atoms with Crippen LogP contribution >= 0.6 is 0 Å². The summed E-state index contributed by atoms with van der Waals surface area (Å²) in [5.74, 6) is -0.105. The SMILES string of the molecule is O=C(CCc1ccc(C(=O)Nc2ccncc2)cc1)NC1CCc2ccccc21. The molecule has 1 heterocycles. The van der Waals surface area contributed by atoms with E-state index < -0.39 is 0 Å². The Morgan fingerprint density at radius 1 is 0.966 bits per heavy atom. The average Bonchev–Trinajstić information content (AvgIpc) is 3.16. The monoisotopic (exact) mass is 385 g/mol. The molecule has 2 N–H and O–H groups in total. The van der Waals surface area contributed by atoms with Gasteiger partial charge in [-0.2, -0.15) is 0 Å². The third-order valence-electron chi connectivity index (χ3n) is 5.26. The van der Waals surface area contributed by atoms with E-state index in [1.54, 1.807) is 36.7 Å². The fourth-order valence-electron chi connectivity index (χ4n) is 3.69. The van der Waals surface area contributed by atoms with Gasteiger partial charge in [-0.15, -0.1) is 0 Å². The summed E-state index contributed by atoms with van der Waals surface area (Å²) >= 11 is 0. The standard InChI is InChI=1S/C24H23N3O2/c28-23(27-22-11-10-18-3-1-2-4-21(18)22)12-7-17-5-8-19(9-6-17)24(29)26-20-13-15-25-16-14-20/h1-6,8-9,13-16,22H,7,10-12H2,(H,27,28)(H,25,26,29). The number of hydrogen-bond donors (Lipinski definition) is 2. The molecule has 3 aromatic rings. The van der Waals surface area contributed by atoms with E-state index >= 15 is 0 Å². The molecule has 2 aromatic carbocycles. The largest absolute Gasteiger partial charge is 0.349 e. The van der Waals surface area contributed by atoms with Crippen LogP contribution < -0.4 is 10.6 Å². The fourth-order valence-corrected chi connectivity index (χ4v) is 3.69. The van der Waals surface area contributed by atoms with Crippen molar-refractivity contribution in [3.05, 3.63) is 95.3 Å². The Morgan fingerprint density at radius 3 is 2.52 bits per heavy atom. The lowest BCUT2D eigenvalue weighted by atomic mass is 10.1. The number of anilines is 1. The molecule has 0 bridgehead atoms. The van der Waals surface area contributed by atoms with E-state index in [2.05, 4.69) is 27.8 Å².